The molecule has 0 unspecified atom stereocenters. The van der Waals surface area contributed by atoms with E-state index >= 15 is 0 Å². The minimum Gasteiger partial charge on any atom is -0.338 e. The topological polar surface area (TPSA) is 81.8 Å². The second kappa shape index (κ2) is 7.62. The molecule has 1 aliphatic rings. The van der Waals surface area contributed by atoms with Gasteiger partial charge in [0.2, 0.25) is 11.8 Å². The highest BCUT2D eigenvalue weighted by Gasteiger charge is 2.42. The largest absolute Gasteiger partial charge is 0.406 e. The molecule has 0 radical (unpaired) electrons. The van der Waals surface area contributed by atoms with E-state index in [-0.39, 0.29) is 13.0 Å². The number of nitrogens with zero attached hydrogens (tertiary/aromatic N) is 2. The maximum atomic E-state index is 12.4. The summed E-state index contributed by atoms with van der Waals surface area (Å²) in [5.74, 6) is -1.29. The molecule has 1 saturated heterocycles. The van der Waals surface area contributed by atoms with Crippen LogP contribution >= 0.6 is 0 Å². The average molecular weight is 338 g/mol. The van der Waals surface area contributed by atoms with Crippen molar-refractivity contribution in [1.29, 1.82) is 0 Å². The number of alkyl halides is 3. The van der Waals surface area contributed by atoms with E-state index in [1.165, 1.54) is 18.9 Å². The van der Waals surface area contributed by atoms with E-state index < -0.39 is 42.7 Å². The minimum atomic E-state index is -4.45. The average Bonchev–Trinajstić information content (AvgIpc) is 2.76. The first-order valence-electron chi connectivity index (χ1n) is 7.23. The molecule has 0 aromatic carbocycles. The van der Waals surface area contributed by atoms with E-state index in [1.54, 1.807) is 6.92 Å². The number of urea groups is 1. The van der Waals surface area contributed by atoms with Gasteiger partial charge in [-0.1, -0.05) is 0 Å². The first kappa shape index (κ1) is 19.2. The van der Waals surface area contributed by atoms with Gasteiger partial charge in [0.25, 0.3) is 0 Å². The van der Waals surface area contributed by atoms with Crippen LogP contribution in [-0.4, -0.2) is 72.6 Å². The van der Waals surface area contributed by atoms with Crippen LogP contribution in [0.5, 0.6) is 0 Å². The van der Waals surface area contributed by atoms with Crippen molar-refractivity contribution in [2.45, 2.75) is 38.5 Å². The molecule has 7 nitrogen and oxygen atoms in total. The van der Waals surface area contributed by atoms with Crippen molar-refractivity contribution in [3.63, 3.8) is 0 Å². The molecule has 10 heteroatoms. The van der Waals surface area contributed by atoms with Gasteiger partial charge >= 0.3 is 12.2 Å². The number of carbonyl (C=O) groups excluding carboxylic acids is 3. The Bertz CT molecular complexity index is 470. The summed E-state index contributed by atoms with van der Waals surface area (Å²) in [4.78, 5) is 37.4. The van der Waals surface area contributed by atoms with E-state index in [2.05, 4.69) is 10.6 Å². The second-order valence-corrected chi connectivity index (χ2v) is 5.37. The molecule has 1 fully saturated rings. The molecule has 0 aromatic rings. The number of likely N-dealkylation sites (N-methyl/N-ethyl adjacent to an activating group) is 1. The molecule has 0 bridgehead atoms. The van der Waals surface area contributed by atoms with Gasteiger partial charge in [-0.25, -0.2) is 4.79 Å². The summed E-state index contributed by atoms with van der Waals surface area (Å²) in [7, 11) is 1.47. The fourth-order valence-electron chi connectivity index (χ4n) is 2.35. The SMILES string of the molecule is CCNC(=O)NC(=O)[C@@H](C)N(C)[C@H]1CCN(CC(F)(F)F)C1=O. The Morgan fingerprint density at radius 3 is 2.57 bits per heavy atom. The lowest BCUT2D eigenvalue weighted by atomic mass is 10.1. The summed E-state index contributed by atoms with van der Waals surface area (Å²) in [5, 5.41) is 4.51. The number of likely N-dealkylation sites (tertiary alicyclic amines) is 1. The second-order valence-electron chi connectivity index (χ2n) is 5.37. The summed E-state index contributed by atoms with van der Waals surface area (Å²) >= 11 is 0. The predicted molar refractivity (Wildman–Crippen MR) is 75.5 cm³/mol. The number of carbonyl (C=O) groups is 3. The highest BCUT2D eigenvalue weighted by atomic mass is 19.4. The van der Waals surface area contributed by atoms with Crippen LogP contribution in [0.3, 0.4) is 0 Å². The van der Waals surface area contributed by atoms with Gasteiger partial charge in [0.1, 0.15) is 6.54 Å². The lowest BCUT2D eigenvalue weighted by molar-refractivity contribution is -0.159. The van der Waals surface area contributed by atoms with Gasteiger partial charge < -0.3 is 10.2 Å². The van der Waals surface area contributed by atoms with Crippen LogP contribution in [0.25, 0.3) is 0 Å². The van der Waals surface area contributed by atoms with Crippen molar-refractivity contribution >= 4 is 17.8 Å². The standard InChI is InChI=1S/C13H21F3N4O3/c1-4-17-12(23)18-10(21)8(2)19(3)9-5-6-20(11(9)22)7-13(14,15)16/h8-9H,4-7H2,1-3H3,(H2,17,18,21,23)/t8-,9+/m1/s1. The van der Waals surface area contributed by atoms with E-state index in [0.29, 0.717) is 6.54 Å². The van der Waals surface area contributed by atoms with E-state index in [9.17, 15) is 27.6 Å². The van der Waals surface area contributed by atoms with Crippen LogP contribution in [0.15, 0.2) is 0 Å². The fraction of sp³-hybridized carbons (Fsp3) is 0.769. The third-order valence-electron chi connectivity index (χ3n) is 3.70. The Balaban J connectivity index is 2.63. The highest BCUT2D eigenvalue weighted by Crippen LogP contribution is 2.23. The highest BCUT2D eigenvalue weighted by molar-refractivity contribution is 5.97. The summed E-state index contributed by atoms with van der Waals surface area (Å²) in [6.07, 6.45) is -4.26. The van der Waals surface area contributed by atoms with E-state index in [0.717, 1.165) is 4.90 Å². The summed E-state index contributed by atoms with van der Waals surface area (Å²) < 4.78 is 37.2. The monoisotopic (exact) mass is 338 g/mol. The maximum Gasteiger partial charge on any atom is 0.406 e. The molecule has 0 spiro atoms. The van der Waals surface area contributed by atoms with Crippen molar-refractivity contribution in [3.05, 3.63) is 0 Å². The quantitative estimate of drug-likeness (QED) is 0.756. The molecule has 0 aromatic heterocycles. The summed E-state index contributed by atoms with van der Waals surface area (Å²) in [6, 6.07) is -2.31. The van der Waals surface area contributed by atoms with Gasteiger partial charge in [0, 0.05) is 13.1 Å². The third kappa shape index (κ3) is 5.38. The van der Waals surface area contributed by atoms with Crippen molar-refractivity contribution in [1.82, 2.24) is 20.4 Å². The maximum absolute atomic E-state index is 12.4. The molecule has 0 aliphatic carbocycles. The lowest BCUT2D eigenvalue weighted by Gasteiger charge is -2.28. The number of hydrogen-bond donors (Lipinski definition) is 2. The zero-order valence-corrected chi connectivity index (χ0v) is 13.2. The lowest BCUT2D eigenvalue weighted by Crippen LogP contribution is -2.53. The minimum absolute atomic E-state index is 0.0159. The number of nitrogens with one attached hydrogen (secondary N) is 2. The Morgan fingerprint density at radius 2 is 2.04 bits per heavy atom. The smallest absolute Gasteiger partial charge is 0.338 e. The molecule has 1 rings (SSSR count). The normalized spacial score (nSPS) is 19.9. The molecular weight excluding hydrogens is 317 g/mol. The molecule has 2 N–H and O–H groups in total. The van der Waals surface area contributed by atoms with E-state index in [1.807, 2.05) is 0 Å². The van der Waals surface area contributed by atoms with Gasteiger partial charge in [0.15, 0.2) is 0 Å². The van der Waals surface area contributed by atoms with Crippen molar-refractivity contribution in [2.75, 3.05) is 26.7 Å². The molecule has 1 aliphatic heterocycles. The Morgan fingerprint density at radius 1 is 1.43 bits per heavy atom. The number of rotatable bonds is 5. The summed E-state index contributed by atoms with van der Waals surface area (Å²) in [6.45, 7) is 2.20. The van der Waals surface area contributed by atoms with Crippen LogP contribution in [0.4, 0.5) is 18.0 Å². The Hall–Kier alpha value is -1.84. The van der Waals surface area contributed by atoms with E-state index in [4.69, 9.17) is 0 Å². The Kier molecular flexibility index (Phi) is 6.37. The van der Waals surface area contributed by atoms with Crippen molar-refractivity contribution in [2.24, 2.45) is 0 Å². The number of amides is 4. The van der Waals surface area contributed by atoms with Crippen LogP contribution < -0.4 is 10.6 Å². The first-order chi connectivity index (χ1) is 10.6. The van der Waals surface area contributed by atoms with Gasteiger partial charge in [0.05, 0.1) is 12.1 Å². The zero-order valence-electron chi connectivity index (χ0n) is 13.2. The molecule has 132 valence electrons. The third-order valence-corrected chi connectivity index (χ3v) is 3.70. The van der Waals surface area contributed by atoms with Gasteiger partial charge in [-0.3, -0.25) is 19.8 Å². The van der Waals surface area contributed by atoms with Crippen molar-refractivity contribution < 1.29 is 27.6 Å². The van der Waals surface area contributed by atoms with Crippen molar-refractivity contribution in [3.8, 4) is 0 Å². The molecule has 23 heavy (non-hydrogen) atoms. The number of hydrogen-bond acceptors (Lipinski definition) is 4. The summed E-state index contributed by atoms with van der Waals surface area (Å²) in [5.41, 5.74) is 0. The van der Waals surface area contributed by atoms with Crippen LogP contribution in [0, 0.1) is 0 Å². The van der Waals surface area contributed by atoms with Gasteiger partial charge in [-0.05, 0) is 27.3 Å². The Labute approximate surface area is 132 Å². The molecule has 1 heterocycles. The number of halogens is 3. The van der Waals surface area contributed by atoms with Crippen LogP contribution in [-0.2, 0) is 9.59 Å². The predicted octanol–water partition coefficient (Wildman–Crippen LogP) is 0.316. The zero-order chi connectivity index (χ0) is 17.8. The molecule has 2 atom stereocenters. The van der Waals surface area contributed by atoms with Crippen LogP contribution in [0.1, 0.15) is 20.3 Å². The number of imide groups is 1. The van der Waals surface area contributed by atoms with Gasteiger partial charge in [-0.15, -0.1) is 0 Å². The first-order valence-corrected chi connectivity index (χ1v) is 7.23. The molecule has 4 amide bonds. The van der Waals surface area contributed by atoms with Crippen LogP contribution in [0.2, 0.25) is 0 Å². The fourth-order valence-corrected chi connectivity index (χ4v) is 2.35. The molecule has 0 saturated carbocycles. The molecular formula is C13H21F3N4O3. The van der Waals surface area contributed by atoms with Gasteiger partial charge in [-0.2, -0.15) is 13.2 Å².